The zero-order valence-electron chi connectivity index (χ0n) is 12.3. The first-order chi connectivity index (χ1) is 9.80. The third-order valence-corrected chi connectivity index (χ3v) is 7.67. The van der Waals surface area contributed by atoms with E-state index in [0.717, 1.165) is 0 Å². The van der Waals surface area contributed by atoms with Crippen LogP contribution in [0.25, 0.3) is 0 Å². The first-order valence-electron chi connectivity index (χ1n) is 6.27. The van der Waals surface area contributed by atoms with Gasteiger partial charge in [-0.05, 0) is 6.42 Å². The van der Waals surface area contributed by atoms with Gasteiger partial charge in [0.15, 0.2) is 0 Å². The first kappa shape index (κ1) is 23.9. The summed E-state index contributed by atoms with van der Waals surface area (Å²) in [6.07, 6.45) is 0.593. The van der Waals surface area contributed by atoms with Crippen molar-refractivity contribution in [3.8, 4) is 0 Å². The van der Waals surface area contributed by atoms with E-state index in [1.807, 2.05) is 0 Å². The van der Waals surface area contributed by atoms with Crippen molar-refractivity contribution in [2.24, 2.45) is 0 Å². The first-order valence-corrected chi connectivity index (χ1v) is 11.6. The number of thioether (sulfide) groups is 1. The third-order valence-electron chi connectivity index (χ3n) is 2.67. The molecule has 1 radical (unpaired) electrons. The summed E-state index contributed by atoms with van der Waals surface area (Å²) in [5, 5.41) is 2.71. The van der Waals surface area contributed by atoms with Gasteiger partial charge < -0.3 is 4.52 Å². The molecule has 0 aliphatic carbocycles. The van der Waals surface area contributed by atoms with Crippen LogP contribution in [0.3, 0.4) is 0 Å². The van der Waals surface area contributed by atoms with Crippen molar-refractivity contribution >= 4 is 82.3 Å². The summed E-state index contributed by atoms with van der Waals surface area (Å²) in [5.41, 5.74) is 0. The Balaban J connectivity index is 0.00000441. The standard InChI is InChI=1S/C9H19Cl2N2O5PS2.Na/c10-2-4-13(5-3-11)19(14)12-9(1-6-18-19)20-7-8-21(15,16)17;/h9H,1-8H2,(H,12,14)(H,15,16,17);/t9-,19-;/m1./s1. The molecular weight excluding hydrogens is 405 g/mol. The van der Waals surface area contributed by atoms with E-state index in [4.69, 9.17) is 32.3 Å². The Hall–Kier alpha value is 1.95. The van der Waals surface area contributed by atoms with Crippen molar-refractivity contribution < 1.29 is 22.1 Å². The zero-order chi connectivity index (χ0) is 15.9. The van der Waals surface area contributed by atoms with Crippen molar-refractivity contribution in [3.05, 3.63) is 0 Å². The maximum atomic E-state index is 12.8. The van der Waals surface area contributed by atoms with Crippen molar-refractivity contribution in [2.75, 3.05) is 43.0 Å². The smallest absolute Gasteiger partial charge is 0.306 e. The van der Waals surface area contributed by atoms with E-state index in [2.05, 4.69) is 5.09 Å². The number of hydrogen-bond donors (Lipinski definition) is 2. The number of hydrogen-bond acceptors (Lipinski definition) is 5. The van der Waals surface area contributed by atoms with Gasteiger partial charge in [0.2, 0.25) is 0 Å². The second-order valence-corrected chi connectivity index (χ2v) is 10.0. The van der Waals surface area contributed by atoms with E-state index < -0.39 is 17.8 Å². The molecule has 0 saturated carbocycles. The number of alkyl halides is 2. The summed E-state index contributed by atoms with van der Waals surface area (Å²) in [7, 11) is -7.19. The van der Waals surface area contributed by atoms with E-state index in [1.165, 1.54) is 11.8 Å². The van der Waals surface area contributed by atoms with E-state index in [9.17, 15) is 13.0 Å². The van der Waals surface area contributed by atoms with Crippen LogP contribution >= 0.6 is 42.6 Å². The summed E-state index contributed by atoms with van der Waals surface area (Å²) in [4.78, 5) is 0. The molecule has 1 aliphatic heterocycles. The molecule has 127 valence electrons. The van der Waals surface area contributed by atoms with E-state index in [0.29, 0.717) is 37.9 Å². The Morgan fingerprint density at radius 3 is 2.45 bits per heavy atom. The molecule has 1 saturated heterocycles. The number of nitrogens with one attached hydrogen (secondary N) is 1. The molecule has 7 nitrogen and oxygen atoms in total. The zero-order valence-corrected chi connectivity index (χ0v) is 18.3. The predicted octanol–water partition coefficient (Wildman–Crippen LogP) is 1.45. The minimum atomic E-state index is -3.98. The molecule has 0 aromatic rings. The SMILES string of the molecule is O=[P@]1(N(CCCl)CCCl)N[C@H](SCCS(=O)(=O)O)CCO1.[Na]. The van der Waals surface area contributed by atoms with Crippen molar-refractivity contribution in [2.45, 2.75) is 11.8 Å². The van der Waals surface area contributed by atoms with Crippen molar-refractivity contribution in [3.63, 3.8) is 0 Å². The third kappa shape index (κ3) is 8.87. The molecule has 1 aliphatic rings. The Kier molecular flexibility index (Phi) is 12.6. The number of nitrogens with zero attached hydrogens (tertiary/aromatic N) is 1. The average molecular weight is 424 g/mol. The van der Waals surface area contributed by atoms with Gasteiger partial charge in [-0.25, -0.2) is 9.76 Å². The molecular formula is C9H19Cl2N2NaO5PS2. The molecule has 1 fully saturated rings. The second kappa shape index (κ2) is 11.5. The maximum Gasteiger partial charge on any atom is 0.344 e. The van der Waals surface area contributed by atoms with Crippen LogP contribution < -0.4 is 5.09 Å². The molecule has 2 N–H and O–H groups in total. The summed E-state index contributed by atoms with van der Waals surface area (Å²) in [5.74, 6) is 0.467. The summed E-state index contributed by atoms with van der Waals surface area (Å²) >= 11 is 12.7. The minimum Gasteiger partial charge on any atom is -0.306 e. The van der Waals surface area contributed by atoms with E-state index >= 15 is 0 Å². The van der Waals surface area contributed by atoms with Crippen molar-refractivity contribution in [1.82, 2.24) is 9.76 Å². The Bertz CT molecular complexity index is 467. The van der Waals surface area contributed by atoms with Crippen LogP contribution in [0.2, 0.25) is 0 Å². The van der Waals surface area contributed by atoms with Crippen LogP contribution in [0, 0.1) is 0 Å². The predicted molar refractivity (Wildman–Crippen MR) is 92.7 cm³/mol. The molecule has 0 amide bonds. The normalized spacial score (nSPS) is 25.9. The molecule has 1 rings (SSSR count). The largest absolute Gasteiger partial charge is 0.344 e. The van der Waals surface area contributed by atoms with E-state index in [1.54, 1.807) is 4.67 Å². The molecule has 1 heterocycles. The van der Waals surface area contributed by atoms with Crippen LogP contribution in [0.4, 0.5) is 0 Å². The molecule has 0 aromatic heterocycles. The van der Waals surface area contributed by atoms with Gasteiger partial charge in [-0.3, -0.25) is 9.12 Å². The fourth-order valence-electron chi connectivity index (χ4n) is 1.72. The monoisotopic (exact) mass is 423 g/mol. The molecule has 0 aromatic carbocycles. The van der Waals surface area contributed by atoms with Crippen LogP contribution in [-0.2, 0) is 19.2 Å². The summed E-state index contributed by atoms with van der Waals surface area (Å²) in [6.45, 7) is 1.05. The van der Waals surface area contributed by atoms with Crippen LogP contribution in [-0.4, -0.2) is 95.5 Å². The Morgan fingerprint density at radius 2 is 1.95 bits per heavy atom. The summed E-state index contributed by atoms with van der Waals surface area (Å²) < 4.78 is 49.8. The quantitative estimate of drug-likeness (QED) is 0.249. The second-order valence-electron chi connectivity index (χ2n) is 4.25. The maximum absolute atomic E-state index is 12.8. The molecule has 2 atom stereocenters. The number of halogens is 2. The van der Waals surface area contributed by atoms with Gasteiger partial charge in [-0.15, -0.1) is 35.0 Å². The van der Waals surface area contributed by atoms with Crippen LogP contribution in [0.15, 0.2) is 0 Å². The Labute approximate surface area is 167 Å². The number of rotatable bonds is 9. The molecule has 0 unspecified atom stereocenters. The van der Waals surface area contributed by atoms with Gasteiger partial charge in [-0.2, -0.15) is 8.42 Å². The fraction of sp³-hybridized carbons (Fsp3) is 1.00. The van der Waals surface area contributed by atoms with Gasteiger partial charge >= 0.3 is 7.67 Å². The minimum absolute atomic E-state index is 0. The van der Waals surface area contributed by atoms with Gasteiger partial charge in [0.25, 0.3) is 10.1 Å². The average Bonchev–Trinajstić information content (AvgIpc) is 2.37. The molecule has 0 bridgehead atoms. The van der Waals surface area contributed by atoms with E-state index in [-0.39, 0.29) is 46.4 Å². The molecule has 22 heavy (non-hydrogen) atoms. The van der Waals surface area contributed by atoms with Crippen LogP contribution in [0.5, 0.6) is 0 Å². The molecule has 13 heteroatoms. The molecule has 0 spiro atoms. The van der Waals surface area contributed by atoms with Gasteiger partial charge in [0.1, 0.15) is 0 Å². The van der Waals surface area contributed by atoms with Gasteiger partial charge in [0.05, 0.1) is 17.7 Å². The topological polar surface area (TPSA) is 95.9 Å². The van der Waals surface area contributed by atoms with Gasteiger partial charge in [-0.1, -0.05) is 0 Å². The summed E-state index contributed by atoms with van der Waals surface area (Å²) in [6, 6.07) is 0. The van der Waals surface area contributed by atoms with Crippen molar-refractivity contribution in [1.29, 1.82) is 0 Å². The Morgan fingerprint density at radius 1 is 1.36 bits per heavy atom. The van der Waals surface area contributed by atoms with Crippen LogP contribution in [0.1, 0.15) is 6.42 Å². The van der Waals surface area contributed by atoms with Gasteiger partial charge in [0, 0.05) is 60.2 Å². The fourth-order valence-corrected chi connectivity index (χ4v) is 6.81.